The SMILES string of the molecule is COc1ccc(N(CC(=O)N(Cc2cccc(Br)c2)[C@H](Cc2ccccc2)C(=O)NCC(C)C)S(C)(=O)=O)cc1OC. The van der Waals surface area contributed by atoms with Gasteiger partial charge in [0, 0.05) is 30.0 Å². The molecule has 0 heterocycles. The molecule has 3 rings (SSSR count). The van der Waals surface area contributed by atoms with E-state index in [2.05, 4.69) is 21.2 Å². The Morgan fingerprint density at radius 1 is 0.905 bits per heavy atom. The van der Waals surface area contributed by atoms with Crippen LogP contribution in [0.15, 0.2) is 77.3 Å². The van der Waals surface area contributed by atoms with Gasteiger partial charge in [-0.1, -0.05) is 72.2 Å². The van der Waals surface area contributed by atoms with Gasteiger partial charge in [0.25, 0.3) is 0 Å². The molecule has 0 aromatic heterocycles. The Labute approximate surface area is 257 Å². The van der Waals surface area contributed by atoms with Gasteiger partial charge in [0.05, 0.1) is 26.2 Å². The second-order valence-corrected chi connectivity index (χ2v) is 13.1. The summed E-state index contributed by atoms with van der Waals surface area (Å²) in [4.78, 5) is 29.3. The summed E-state index contributed by atoms with van der Waals surface area (Å²) in [5.74, 6) is 0.0919. The van der Waals surface area contributed by atoms with E-state index in [0.29, 0.717) is 18.0 Å². The van der Waals surface area contributed by atoms with Crippen LogP contribution >= 0.6 is 15.9 Å². The molecule has 1 N–H and O–H groups in total. The fourth-order valence-corrected chi connectivity index (χ4v) is 5.69. The van der Waals surface area contributed by atoms with Crippen LogP contribution in [0.5, 0.6) is 11.5 Å². The highest BCUT2D eigenvalue weighted by Gasteiger charge is 2.33. The Hall–Kier alpha value is -3.57. The number of anilines is 1. The van der Waals surface area contributed by atoms with Gasteiger partial charge in [-0.15, -0.1) is 0 Å². The van der Waals surface area contributed by atoms with Crippen LogP contribution in [0, 0.1) is 5.92 Å². The highest BCUT2D eigenvalue weighted by Crippen LogP contribution is 2.32. The number of methoxy groups -OCH3 is 2. The predicted octanol–water partition coefficient (Wildman–Crippen LogP) is 4.64. The standard InChI is InChI=1S/C31H38BrN3O6S/c1-22(2)19-33-31(37)27(17-23-10-7-6-8-11-23)34(20-24-12-9-13-25(32)16-24)30(36)21-35(42(5,38)39)26-14-15-28(40-3)29(18-26)41-4/h6-16,18,22,27H,17,19-21H2,1-5H3,(H,33,37)/t27-/m1/s1. The van der Waals surface area contributed by atoms with Crippen molar-refractivity contribution in [2.75, 3.05) is 37.9 Å². The Kier molecular flexibility index (Phi) is 11.8. The lowest BCUT2D eigenvalue weighted by Crippen LogP contribution is -2.53. The molecule has 0 saturated carbocycles. The number of nitrogens with one attached hydrogen (secondary N) is 1. The van der Waals surface area contributed by atoms with Crippen LogP contribution in [0.3, 0.4) is 0 Å². The molecular formula is C31H38BrN3O6S. The van der Waals surface area contributed by atoms with E-state index in [9.17, 15) is 18.0 Å². The quantitative estimate of drug-likeness (QED) is 0.270. The van der Waals surface area contributed by atoms with E-state index in [1.165, 1.54) is 25.2 Å². The Balaban J connectivity index is 2.07. The molecule has 0 saturated heterocycles. The molecule has 11 heteroatoms. The summed E-state index contributed by atoms with van der Waals surface area (Å²) in [5, 5.41) is 2.97. The van der Waals surface area contributed by atoms with Gasteiger partial charge >= 0.3 is 0 Å². The zero-order valence-corrected chi connectivity index (χ0v) is 26.9. The molecule has 0 radical (unpaired) electrons. The molecule has 0 aliphatic heterocycles. The van der Waals surface area contributed by atoms with Crippen molar-refractivity contribution in [3.63, 3.8) is 0 Å². The molecule has 226 valence electrons. The molecule has 0 spiro atoms. The Morgan fingerprint density at radius 3 is 2.17 bits per heavy atom. The predicted molar refractivity (Wildman–Crippen MR) is 168 cm³/mol. The van der Waals surface area contributed by atoms with Crippen molar-refractivity contribution >= 4 is 43.5 Å². The fourth-order valence-electron chi connectivity index (χ4n) is 4.40. The number of benzene rings is 3. The van der Waals surface area contributed by atoms with Gasteiger partial charge in [0.2, 0.25) is 21.8 Å². The topological polar surface area (TPSA) is 105 Å². The zero-order chi connectivity index (χ0) is 30.9. The second-order valence-electron chi connectivity index (χ2n) is 10.3. The van der Waals surface area contributed by atoms with Gasteiger partial charge in [-0.2, -0.15) is 0 Å². The van der Waals surface area contributed by atoms with Crippen LogP contribution in [-0.4, -0.2) is 64.7 Å². The van der Waals surface area contributed by atoms with Gasteiger partial charge in [0.15, 0.2) is 11.5 Å². The summed E-state index contributed by atoms with van der Waals surface area (Å²) in [6, 6.07) is 20.6. The highest BCUT2D eigenvalue weighted by molar-refractivity contribution is 9.10. The van der Waals surface area contributed by atoms with E-state index >= 15 is 0 Å². The van der Waals surface area contributed by atoms with E-state index in [4.69, 9.17) is 9.47 Å². The lowest BCUT2D eigenvalue weighted by Gasteiger charge is -2.33. The van der Waals surface area contributed by atoms with Crippen molar-refractivity contribution in [3.05, 3.63) is 88.4 Å². The summed E-state index contributed by atoms with van der Waals surface area (Å²) in [7, 11) is -0.991. The Bertz CT molecular complexity index is 1470. The van der Waals surface area contributed by atoms with Gasteiger partial charge in [0.1, 0.15) is 12.6 Å². The molecule has 0 aliphatic carbocycles. The van der Waals surface area contributed by atoms with Crippen molar-refractivity contribution < 1.29 is 27.5 Å². The number of nitrogens with zero attached hydrogens (tertiary/aromatic N) is 2. The van der Waals surface area contributed by atoms with Gasteiger partial charge < -0.3 is 19.7 Å². The van der Waals surface area contributed by atoms with E-state index in [0.717, 1.165) is 26.2 Å². The van der Waals surface area contributed by atoms with Crippen LogP contribution in [-0.2, 0) is 32.6 Å². The summed E-state index contributed by atoms with van der Waals surface area (Å²) < 4.78 is 38.5. The average molecular weight is 661 g/mol. The molecule has 1 atom stereocenters. The van der Waals surface area contributed by atoms with Crippen LogP contribution < -0.4 is 19.1 Å². The highest BCUT2D eigenvalue weighted by atomic mass is 79.9. The fraction of sp³-hybridized carbons (Fsp3) is 0.355. The van der Waals surface area contributed by atoms with Gasteiger partial charge in [-0.05, 0) is 41.3 Å². The van der Waals surface area contributed by atoms with Crippen molar-refractivity contribution in [1.82, 2.24) is 10.2 Å². The molecule has 3 aromatic carbocycles. The normalized spacial score (nSPS) is 12.0. The maximum Gasteiger partial charge on any atom is 0.244 e. The third-order valence-electron chi connectivity index (χ3n) is 6.53. The average Bonchev–Trinajstić information content (AvgIpc) is 2.95. The maximum absolute atomic E-state index is 14.2. The number of ether oxygens (including phenoxy) is 2. The molecule has 0 aliphatic rings. The van der Waals surface area contributed by atoms with E-state index in [-0.39, 0.29) is 30.5 Å². The number of rotatable bonds is 14. The number of hydrogen-bond acceptors (Lipinski definition) is 6. The first-order chi connectivity index (χ1) is 19.9. The van der Waals surface area contributed by atoms with Crippen molar-refractivity contribution in [1.29, 1.82) is 0 Å². The number of carbonyl (C=O) groups excluding carboxylic acids is 2. The minimum Gasteiger partial charge on any atom is -0.493 e. The van der Waals surface area contributed by atoms with Gasteiger partial charge in [-0.3, -0.25) is 13.9 Å². The molecule has 2 amide bonds. The monoisotopic (exact) mass is 659 g/mol. The van der Waals surface area contributed by atoms with Crippen molar-refractivity contribution in [2.24, 2.45) is 5.92 Å². The summed E-state index contributed by atoms with van der Waals surface area (Å²) >= 11 is 3.48. The number of hydrogen-bond donors (Lipinski definition) is 1. The molecule has 3 aromatic rings. The smallest absolute Gasteiger partial charge is 0.244 e. The molecule has 0 bridgehead atoms. The lowest BCUT2D eigenvalue weighted by atomic mass is 10.0. The second kappa shape index (κ2) is 15.1. The number of carbonyl (C=O) groups is 2. The van der Waals surface area contributed by atoms with E-state index in [1.807, 2.05) is 68.4 Å². The molecule has 0 fully saturated rings. The zero-order valence-electron chi connectivity index (χ0n) is 24.5. The molecule has 9 nitrogen and oxygen atoms in total. The van der Waals surface area contributed by atoms with E-state index in [1.54, 1.807) is 12.1 Å². The first-order valence-electron chi connectivity index (χ1n) is 13.5. The van der Waals surface area contributed by atoms with Crippen molar-refractivity contribution in [3.8, 4) is 11.5 Å². The summed E-state index contributed by atoms with van der Waals surface area (Å²) in [6.07, 6.45) is 1.28. The van der Waals surface area contributed by atoms with Crippen LogP contribution in [0.1, 0.15) is 25.0 Å². The van der Waals surface area contributed by atoms with Gasteiger partial charge in [-0.25, -0.2) is 8.42 Å². The third-order valence-corrected chi connectivity index (χ3v) is 8.17. The molecule has 42 heavy (non-hydrogen) atoms. The maximum atomic E-state index is 14.2. The lowest BCUT2D eigenvalue weighted by molar-refractivity contribution is -0.140. The first kappa shape index (κ1) is 32.9. The largest absolute Gasteiger partial charge is 0.493 e. The van der Waals surface area contributed by atoms with Crippen molar-refractivity contribution in [2.45, 2.75) is 32.9 Å². The molecule has 0 unspecified atom stereocenters. The third kappa shape index (κ3) is 9.22. The molecular weight excluding hydrogens is 622 g/mol. The van der Waals surface area contributed by atoms with Crippen LogP contribution in [0.2, 0.25) is 0 Å². The van der Waals surface area contributed by atoms with E-state index < -0.39 is 28.5 Å². The summed E-state index contributed by atoms with van der Waals surface area (Å²) in [6.45, 7) is 3.98. The van der Waals surface area contributed by atoms with Crippen LogP contribution in [0.25, 0.3) is 0 Å². The van der Waals surface area contributed by atoms with Crippen LogP contribution in [0.4, 0.5) is 5.69 Å². The minimum atomic E-state index is -3.92. The number of halogens is 1. The minimum absolute atomic E-state index is 0.0917. The first-order valence-corrected chi connectivity index (χ1v) is 16.1. The summed E-state index contributed by atoms with van der Waals surface area (Å²) in [5.41, 5.74) is 1.88. The number of amides is 2. The Morgan fingerprint density at radius 2 is 1.57 bits per heavy atom. The number of sulfonamides is 1.